The lowest BCUT2D eigenvalue weighted by Crippen LogP contribution is -2.68. The van der Waals surface area contributed by atoms with Gasteiger partial charge in [0.2, 0.25) is 0 Å². The molecule has 6 aliphatic heterocycles. The van der Waals surface area contributed by atoms with Gasteiger partial charge in [0.15, 0.2) is 37.2 Å². The van der Waals surface area contributed by atoms with Crippen molar-refractivity contribution in [1.29, 1.82) is 0 Å². The Morgan fingerprint density at radius 2 is 0.954 bits per heavy atom. The highest BCUT2D eigenvalue weighted by Crippen LogP contribution is 2.71. The number of hydrogen-bond acceptors (Lipinski definition) is 29. The fourth-order valence-electron chi connectivity index (χ4n) is 17.4. The van der Waals surface area contributed by atoms with Crippen molar-refractivity contribution in [2.75, 3.05) is 46.8 Å². The Morgan fingerprint density at radius 1 is 0.471 bits per heavy atom. The topological polar surface area (TPSA) is 455 Å². The molecule has 10 aliphatic rings. The van der Waals surface area contributed by atoms with Crippen LogP contribution in [0.5, 0.6) is 0 Å². The summed E-state index contributed by atoms with van der Waals surface area (Å²) in [7, 11) is 1.71. The molecule has 17 N–H and O–H groups in total. The lowest BCUT2D eigenvalue weighted by atomic mass is 9.44. The van der Waals surface area contributed by atoms with Crippen LogP contribution in [0.1, 0.15) is 91.9 Å². The fourth-order valence-corrected chi connectivity index (χ4v) is 17.4. The molecular weight excluding hydrogens is 1160 g/mol. The van der Waals surface area contributed by atoms with Crippen molar-refractivity contribution in [2.24, 2.45) is 52.3 Å². The van der Waals surface area contributed by atoms with Crippen molar-refractivity contribution >= 4 is 0 Å². The molecule has 29 heteroatoms. The SMILES string of the molecule is CO[C@]1(CC[C@@H](C)CO[C@@H]2O[C@H](CO)[C@@H](O)[C@H](O)[C@H]2O)O[C@H]2C[C@H]3[C@@H]4CC[C@H]5C[C@@H](O[C@@H]6O[C@H](CO)[C@H](O[C@@H]7O[C@H](CO)[C@@H](O)[C@H](O[C@@H]8O[C@H](CO)[C@@H](O)[C@H](O)[C@H]8O)[C@H]7O[C@@H]7O[C@H](CO)[C@@H](O)[C@H](O)[C@H]7O)[C@H](O)[C@H]6O)CC[C@]5(C)[C@H]4CC[C@]3(C)[C@H]2[C@@H]1C. The van der Waals surface area contributed by atoms with Gasteiger partial charge < -0.3 is 144 Å². The zero-order valence-electron chi connectivity index (χ0n) is 49.9. The molecule has 4 saturated carbocycles. The van der Waals surface area contributed by atoms with Crippen molar-refractivity contribution in [3.8, 4) is 0 Å². The highest BCUT2D eigenvalue weighted by atomic mass is 16.8. The van der Waals surface area contributed by atoms with E-state index in [-0.39, 0.29) is 47.2 Å². The minimum absolute atomic E-state index is 0.0110. The molecule has 0 aromatic carbocycles. The molecule has 0 aromatic rings. The van der Waals surface area contributed by atoms with Crippen LogP contribution in [0, 0.1) is 52.3 Å². The minimum Gasteiger partial charge on any atom is -0.394 e. The molecule has 37 atom stereocenters. The van der Waals surface area contributed by atoms with Gasteiger partial charge in [-0.3, -0.25) is 0 Å². The number of ether oxygens (including phenoxy) is 12. The number of rotatable bonds is 20. The standard InChI is InChI=1S/C58H98O29/c1-22(21-77-51-44(72)40(68)36(64)30(16-59)79-51)8-13-58(76-5)23(2)35-29(87-58)15-28-26-7-6-24-14-25(9-11-56(24,3)27(26)10-12-57(28,35)4)78-52-47(75)43(71)48(34(20-63)83-52)84-55-50(86-54-46(74)42(70)38(66)32(18-61)81-54)49(39(67)33(19-62)82-55)85-53-45(73)41(69)37(65)31(17-60)80-53/h22-55,59-75H,6-21H2,1-5H3/t22-,23+,24+,25+,26-,27+,28+,29+,30-,31-,32-,33-,34-,35+,36-,37-,38-,39-,40+,41+,42+,43-,44-,45-,46-,47-,48+,49+,50-,51-,52-,53+,54+,55+,56+,57+,58-/m1/s1. The van der Waals surface area contributed by atoms with Gasteiger partial charge in [-0.2, -0.15) is 0 Å². The van der Waals surface area contributed by atoms with E-state index in [4.69, 9.17) is 56.8 Å². The average Bonchev–Trinajstić information content (AvgIpc) is 1.61. The average molecular weight is 1260 g/mol. The zero-order chi connectivity index (χ0) is 62.9. The Morgan fingerprint density at radius 3 is 1.53 bits per heavy atom. The highest BCUT2D eigenvalue weighted by Gasteiger charge is 2.69. The van der Waals surface area contributed by atoms with Crippen molar-refractivity contribution in [2.45, 2.75) is 263 Å². The number of fused-ring (bicyclic) bond motifs is 7. The van der Waals surface area contributed by atoms with Crippen LogP contribution in [0.3, 0.4) is 0 Å². The molecule has 504 valence electrons. The summed E-state index contributed by atoms with van der Waals surface area (Å²) in [6.07, 6.45) is -35.2. The summed E-state index contributed by atoms with van der Waals surface area (Å²) in [5.74, 6) is 1.15. The second-order valence-electron chi connectivity index (χ2n) is 27.3. The van der Waals surface area contributed by atoms with E-state index < -0.39 is 198 Å². The van der Waals surface area contributed by atoms with Gasteiger partial charge in [-0.1, -0.05) is 27.7 Å². The largest absolute Gasteiger partial charge is 0.394 e. The third kappa shape index (κ3) is 12.6. The molecule has 6 heterocycles. The molecule has 10 fully saturated rings. The molecule has 6 saturated heterocycles. The Hall–Kier alpha value is -1.16. The number of aliphatic hydroxyl groups excluding tert-OH is 17. The molecule has 4 aliphatic carbocycles. The molecule has 87 heavy (non-hydrogen) atoms. The van der Waals surface area contributed by atoms with Gasteiger partial charge in [-0.25, -0.2) is 0 Å². The van der Waals surface area contributed by atoms with E-state index in [0.717, 1.165) is 38.5 Å². The summed E-state index contributed by atoms with van der Waals surface area (Å²) < 4.78 is 72.9. The van der Waals surface area contributed by atoms with Crippen LogP contribution in [0.25, 0.3) is 0 Å². The maximum atomic E-state index is 11.9. The van der Waals surface area contributed by atoms with Crippen molar-refractivity contribution < 1.29 is 144 Å². The molecule has 0 spiro atoms. The highest BCUT2D eigenvalue weighted by molar-refractivity contribution is 5.15. The monoisotopic (exact) mass is 1260 g/mol. The molecule has 0 aromatic heterocycles. The second-order valence-corrected chi connectivity index (χ2v) is 27.3. The van der Waals surface area contributed by atoms with Gasteiger partial charge in [0.25, 0.3) is 0 Å². The molecule has 0 radical (unpaired) electrons. The smallest absolute Gasteiger partial charge is 0.187 e. The predicted octanol–water partition coefficient (Wildman–Crippen LogP) is -5.48. The number of hydrogen-bond donors (Lipinski definition) is 17. The van der Waals surface area contributed by atoms with Crippen LogP contribution in [0.4, 0.5) is 0 Å². The predicted molar refractivity (Wildman–Crippen MR) is 289 cm³/mol. The van der Waals surface area contributed by atoms with Crippen LogP contribution in [-0.2, 0) is 56.8 Å². The molecule has 0 amide bonds. The molecule has 29 nitrogen and oxygen atoms in total. The van der Waals surface area contributed by atoms with Crippen LogP contribution < -0.4 is 0 Å². The van der Waals surface area contributed by atoms with Gasteiger partial charge in [-0.15, -0.1) is 0 Å². The van der Waals surface area contributed by atoms with Crippen molar-refractivity contribution in [3.63, 3.8) is 0 Å². The van der Waals surface area contributed by atoms with Crippen LogP contribution in [0.2, 0.25) is 0 Å². The van der Waals surface area contributed by atoms with E-state index in [0.29, 0.717) is 43.4 Å². The quantitative estimate of drug-likeness (QED) is 0.0506. The molecule has 10 rings (SSSR count). The van der Waals surface area contributed by atoms with Crippen molar-refractivity contribution in [1.82, 2.24) is 0 Å². The summed E-state index contributed by atoms with van der Waals surface area (Å²) in [6.45, 7) is 5.26. The van der Waals surface area contributed by atoms with E-state index in [9.17, 15) is 86.8 Å². The minimum atomic E-state index is -2.06. The van der Waals surface area contributed by atoms with Gasteiger partial charge in [0.05, 0.1) is 51.8 Å². The summed E-state index contributed by atoms with van der Waals surface area (Å²) in [4.78, 5) is 0. The lowest BCUT2D eigenvalue weighted by molar-refractivity contribution is -0.406. The van der Waals surface area contributed by atoms with E-state index in [1.54, 1.807) is 7.11 Å². The van der Waals surface area contributed by atoms with Crippen LogP contribution in [-0.4, -0.2) is 305 Å². The summed E-state index contributed by atoms with van der Waals surface area (Å²) in [5, 5.41) is 181. The van der Waals surface area contributed by atoms with E-state index >= 15 is 0 Å². The van der Waals surface area contributed by atoms with E-state index in [1.165, 1.54) is 0 Å². The van der Waals surface area contributed by atoms with Crippen LogP contribution in [0.15, 0.2) is 0 Å². The lowest BCUT2D eigenvalue weighted by Gasteiger charge is -2.61. The normalized spacial score (nSPS) is 54.8. The fraction of sp³-hybridized carbons (Fsp3) is 1.00. The third-order valence-electron chi connectivity index (χ3n) is 22.5. The Labute approximate surface area is 504 Å². The second kappa shape index (κ2) is 27.7. The summed E-state index contributed by atoms with van der Waals surface area (Å²) >= 11 is 0. The van der Waals surface area contributed by atoms with Crippen LogP contribution >= 0.6 is 0 Å². The Bertz CT molecular complexity index is 2210. The maximum absolute atomic E-state index is 11.9. The number of methoxy groups -OCH3 is 1. The van der Waals surface area contributed by atoms with Gasteiger partial charge in [0.1, 0.15) is 122 Å². The van der Waals surface area contributed by atoms with Gasteiger partial charge in [-0.05, 0) is 104 Å². The first-order valence-corrected chi connectivity index (χ1v) is 31.3. The van der Waals surface area contributed by atoms with Crippen molar-refractivity contribution in [3.05, 3.63) is 0 Å². The van der Waals surface area contributed by atoms with Gasteiger partial charge in [0, 0.05) is 19.4 Å². The Kier molecular flexibility index (Phi) is 21.8. The van der Waals surface area contributed by atoms with E-state index in [2.05, 4.69) is 20.8 Å². The molecule has 0 unspecified atom stereocenters. The van der Waals surface area contributed by atoms with E-state index in [1.807, 2.05) is 6.92 Å². The maximum Gasteiger partial charge on any atom is 0.187 e. The third-order valence-corrected chi connectivity index (χ3v) is 22.5. The summed E-state index contributed by atoms with van der Waals surface area (Å²) in [5.41, 5.74) is -0.00518. The summed E-state index contributed by atoms with van der Waals surface area (Å²) in [6, 6.07) is 0. The zero-order valence-corrected chi connectivity index (χ0v) is 49.9. The molecule has 0 bridgehead atoms. The first-order chi connectivity index (χ1) is 41.3. The first kappa shape index (κ1) is 68.7. The number of aliphatic hydroxyl groups is 17. The first-order valence-electron chi connectivity index (χ1n) is 31.3. The van der Waals surface area contributed by atoms with Gasteiger partial charge >= 0.3 is 0 Å². The molecular formula is C58H98O29. The Balaban J connectivity index is 0.771.